The van der Waals surface area contributed by atoms with E-state index in [1.54, 1.807) is 4.68 Å². The molecule has 1 saturated heterocycles. The van der Waals surface area contributed by atoms with E-state index < -0.39 is 0 Å². The summed E-state index contributed by atoms with van der Waals surface area (Å²) in [6.07, 6.45) is 0. The fourth-order valence-electron chi connectivity index (χ4n) is 3.30. The van der Waals surface area contributed by atoms with Crippen molar-refractivity contribution in [2.24, 2.45) is 7.05 Å². The molecule has 7 heteroatoms. The molecule has 1 N–H and O–H groups in total. The van der Waals surface area contributed by atoms with Gasteiger partial charge in [-0.1, -0.05) is 28.9 Å². The zero-order valence-corrected chi connectivity index (χ0v) is 14.6. The minimum atomic E-state index is -0.0440. The summed E-state index contributed by atoms with van der Waals surface area (Å²) in [4.78, 5) is 15.0. The molecule has 1 atom stereocenters. The van der Waals surface area contributed by atoms with Crippen LogP contribution in [0.2, 0.25) is 5.02 Å². The van der Waals surface area contributed by atoms with Gasteiger partial charge >= 0.3 is 0 Å². The highest BCUT2D eigenvalue weighted by molar-refractivity contribution is 6.30. The molecule has 1 aromatic heterocycles. The lowest BCUT2D eigenvalue weighted by Gasteiger charge is -2.36. The van der Waals surface area contributed by atoms with E-state index in [-0.39, 0.29) is 11.9 Å². The van der Waals surface area contributed by atoms with Crippen LogP contribution in [0.25, 0.3) is 11.0 Å². The predicted octanol–water partition coefficient (Wildman–Crippen LogP) is 2.41. The fourth-order valence-corrected chi connectivity index (χ4v) is 3.50. The Labute approximate surface area is 150 Å². The molecule has 0 saturated carbocycles. The molecule has 0 spiro atoms. The van der Waals surface area contributed by atoms with Gasteiger partial charge in [0.15, 0.2) is 0 Å². The maximum Gasteiger partial charge on any atom is 0.254 e. The first-order valence-corrected chi connectivity index (χ1v) is 8.58. The predicted molar refractivity (Wildman–Crippen MR) is 96.6 cm³/mol. The Morgan fingerprint density at radius 3 is 3.00 bits per heavy atom. The van der Waals surface area contributed by atoms with Crippen LogP contribution in [0.4, 0.5) is 0 Å². The first-order chi connectivity index (χ1) is 12.1. The van der Waals surface area contributed by atoms with Gasteiger partial charge in [-0.2, -0.15) is 0 Å². The third kappa shape index (κ3) is 2.99. The minimum absolute atomic E-state index is 0.000899. The highest BCUT2D eigenvalue weighted by atomic mass is 35.5. The van der Waals surface area contributed by atoms with E-state index in [0.717, 1.165) is 23.1 Å². The van der Waals surface area contributed by atoms with Crippen molar-refractivity contribution in [2.45, 2.75) is 6.04 Å². The summed E-state index contributed by atoms with van der Waals surface area (Å²) in [7, 11) is 1.84. The fraction of sp³-hybridized carbons (Fsp3) is 0.278. The maximum absolute atomic E-state index is 13.1. The molecule has 2 heterocycles. The standard InChI is InChI=1S/C18H18ClN5O/c1-23-16-6-5-13(10-15(16)21-22-23)18(25)24-8-7-20-11-17(24)12-3-2-4-14(19)9-12/h2-6,9-10,17,20H,7-8,11H2,1H3. The molecule has 1 fully saturated rings. The second kappa shape index (κ2) is 6.46. The average molecular weight is 356 g/mol. The van der Waals surface area contributed by atoms with Gasteiger partial charge in [-0.05, 0) is 35.9 Å². The molecular weight excluding hydrogens is 338 g/mol. The number of piperazine rings is 1. The van der Waals surface area contributed by atoms with E-state index in [1.807, 2.05) is 54.4 Å². The lowest BCUT2D eigenvalue weighted by atomic mass is 10.0. The van der Waals surface area contributed by atoms with Gasteiger partial charge in [-0.15, -0.1) is 5.10 Å². The number of aryl methyl sites for hydroxylation is 1. The van der Waals surface area contributed by atoms with Crippen molar-refractivity contribution in [3.05, 3.63) is 58.6 Å². The van der Waals surface area contributed by atoms with E-state index in [4.69, 9.17) is 11.6 Å². The van der Waals surface area contributed by atoms with Gasteiger partial charge in [0, 0.05) is 37.3 Å². The SMILES string of the molecule is Cn1nnc2cc(C(=O)N3CCNCC3c3cccc(Cl)c3)ccc21. The number of rotatable bonds is 2. The highest BCUT2D eigenvalue weighted by Gasteiger charge is 2.29. The van der Waals surface area contributed by atoms with Gasteiger partial charge in [0.05, 0.1) is 11.6 Å². The van der Waals surface area contributed by atoms with Crippen LogP contribution in [-0.2, 0) is 7.05 Å². The number of fused-ring (bicyclic) bond motifs is 1. The number of nitrogens with one attached hydrogen (secondary N) is 1. The monoisotopic (exact) mass is 355 g/mol. The summed E-state index contributed by atoms with van der Waals surface area (Å²) in [5.74, 6) is -0.000899. The molecule has 4 rings (SSSR count). The van der Waals surface area contributed by atoms with Crippen LogP contribution >= 0.6 is 11.6 Å². The summed E-state index contributed by atoms with van der Waals surface area (Å²) < 4.78 is 1.70. The normalized spacial score (nSPS) is 17.8. The third-order valence-corrected chi connectivity index (χ3v) is 4.83. The first-order valence-electron chi connectivity index (χ1n) is 8.20. The lowest BCUT2D eigenvalue weighted by molar-refractivity contribution is 0.0634. The van der Waals surface area contributed by atoms with Gasteiger partial charge in [0.25, 0.3) is 5.91 Å². The summed E-state index contributed by atoms with van der Waals surface area (Å²) in [5, 5.41) is 12.1. The Balaban J connectivity index is 1.68. The van der Waals surface area contributed by atoms with Crippen LogP contribution in [-0.4, -0.2) is 45.4 Å². The first kappa shape index (κ1) is 16.1. The van der Waals surface area contributed by atoms with Crippen molar-refractivity contribution >= 4 is 28.5 Å². The molecule has 25 heavy (non-hydrogen) atoms. The molecule has 0 radical (unpaired) electrons. The highest BCUT2D eigenvalue weighted by Crippen LogP contribution is 2.26. The molecular formula is C18H18ClN5O. The number of nitrogens with zero attached hydrogens (tertiary/aromatic N) is 4. The largest absolute Gasteiger partial charge is 0.329 e. The van der Waals surface area contributed by atoms with Crippen molar-refractivity contribution in [3.63, 3.8) is 0 Å². The van der Waals surface area contributed by atoms with Crippen molar-refractivity contribution in [3.8, 4) is 0 Å². The smallest absolute Gasteiger partial charge is 0.254 e. The zero-order valence-electron chi connectivity index (χ0n) is 13.8. The van der Waals surface area contributed by atoms with Gasteiger partial charge in [0.1, 0.15) is 5.52 Å². The minimum Gasteiger partial charge on any atom is -0.329 e. The van der Waals surface area contributed by atoms with Crippen LogP contribution in [0, 0.1) is 0 Å². The Hall–Kier alpha value is -2.44. The number of carbonyl (C=O) groups is 1. The van der Waals surface area contributed by atoms with E-state index in [9.17, 15) is 4.79 Å². The molecule has 3 aromatic rings. The summed E-state index contributed by atoms with van der Waals surface area (Å²) in [6, 6.07) is 13.2. The molecule has 6 nitrogen and oxygen atoms in total. The lowest BCUT2D eigenvalue weighted by Crippen LogP contribution is -2.48. The molecule has 1 amide bonds. The number of aromatic nitrogens is 3. The average Bonchev–Trinajstić information content (AvgIpc) is 3.01. The molecule has 0 bridgehead atoms. The van der Waals surface area contributed by atoms with Gasteiger partial charge in [-0.3, -0.25) is 4.79 Å². The molecule has 1 aliphatic heterocycles. The van der Waals surface area contributed by atoms with Crippen molar-refractivity contribution in [2.75, 3.05) is 19.6 Å². The maximum atomic E-state index is 13.1. The van der Waals surface area contributed by atoms with Crippen molar-refractivity contribution in [1.29, 1.82) is 0 Å². The molecule has 1 unspecified atom stereocenters. The molecule has 2 aromatic carbocycles. The number of amides is 1. The van der Waals surface area contributed by atoms with Crippen LogP contribution in [0.1, 0.15) is 22.0 Å². The molecule has 1 aliphatic rings. The second-order valence-corrected chi connectivity index (χ2v) is 6.63. The van der Waals surface area contributed by atoms with Gasteiger partial charge in [-0.25, -0.2) is 4.68 Å². The zero-order chi connectivity index (χ0) is 17.4. The number of hydrogen-bond acceptors (Lipinski definition) is 4. The summed E-state index contributed by atoms with van der Waals surface area (Å²) in [6.45, 7) is 2.13. The Bertz CT molecular complexity index is 938. The Morgan fingerprint density at radius 2 is 2.16 bits per heavy atom. The van der Waals surface area contributed by atoms with Crippen LogP contribution in [0.15, 0.2) is 42.5 Å². The van der Waals surface area contributed by atoms with Gasteiger partial charge < -0.3 is 10.2 Å². The number of benzene rings is 2. The summed E-state index contributed by atoms with van der Waals surface area (Å²) in [5.41, 5.74) is 3.29. The quantitative estimate of drug-likeness (QED) is 0.766. The Morgan fingerprint density at radius 1 is 1.28 bits per heavy atom. The van der Waals surface area contributed by atoms with E-state index in [2.05, 4.69) is 15.6 Å². The van der Waals surface area contributed by atoms with E-state index in [0.29, 0.717) is 23.7 Å². The topological polar surface area (TPSA) is 63.1 Å². The third-order valence-electron chi connectivity index (χ3n) is 4.60. The van der Waals surface area contributed by atoms with Crippen molar-refractivity contribution in [1.82, 2.24) is 25.2 Å². The summed E-state index contributed by atoms with van der Waals surface area (Å²) >= 11 is 6.13. The second-order valence-electron chi connectivity index (χ2n) is 6.19. The van der Waals surface area contributed by atoms with E-state index >= 15 is 0 Å². The van der Waals surface area contributed by atoms with Gasteiger partial charge in [0.2, 0.25) is 0 Å². The number of carbonyl (C=O) groups excluding carboxylic acids is 1. The van der Waals surface area contributed by atoms with Crippen LogP contribution < -0.4 is 5.32 Å². The van der Waals surface area contributed by atoms with E-state index in [1.165, 1.54) is 0 Å². The molecule has 128 valence electrons. The molecule has 0 aliphatic carbocycles. The number of hydrogen-bond donors (Lipinski definition) is 1. The number of halogens is 1. The van der Waals surface area contributed by atoms with Crippen LogP contribution in [0.3, 0.4) is 0 Å². The Kier molecular flexibility index (Phi) is 4.15. The van der Waals surface area contributed by atoms with Crippen LogP contribution in [0.5, 0.6) is 0 Å². The van der Waals surface area contributed by atoms with Crippen molar-refractivity contribution < 1.29 is 4.79 Å².